The van der Waals surface area contributed by atoms with Crippen molar-refractivity contribution in [2.24, 2.45) is 0 Å². The molecule has 0 spiro atoms. The molecule has 0 aliphatic heterocycles. The summed E-state index contributed by atoms with van der Waals surface area (Å²) in [5.41, 5.74) is 13.2. The van der Waals surface area contributed by atoms with Crippen molar-refractivity contribution >= 4 is 82.4 Å². The molecule has 0 unspecified atom stereocenters. The second-order valence-electron chi connectivity index (χ2n) is 15.3. The maximum atomic E-state index is 6.69. The molecule has 59 heavy (non-hydrogen) atoms. The van der Waals surface area contributed by atoms with Crippen LogP contribution < -0.4 is 4.90 Å². The first-order valence-electron chi connectivity index (χ1n) is 20.2. The van der Waals surface area contributed by atoms with E-state index in [0.717, 1.165) is 55.7 Å². The Hall–Kier alpha value is -7.88. The Bertz CT molecular complexity index is 3540. The van der Waals surface area contributed by atoms with Gasteiger partial charge in [-0.05, 0) is 105 Å². The second-order valence-corrected chi connectivity index (χ2v) is 15.3. The summed E-state index contributed by atoms with van der Waals surface area (Å²) in [5.74, 6) is 0. The van der Waals surface area contributed by atoms with Crippen LogP contribution in [0.25, 0.3) is 93.2 Å². The molecule has 0 bridgehead atoms. The largest absolute Gasteiger partial charge is 0.456 e. The van der Waals surface area contributed by atoms with E-state index in [2.05, 4.69) is 228 Å². The second kappa shape index (κ2) is 13.4. The normalized spacial score (nSPS) is 11.7. The monoisotopic (exact) mass is 752 g/mol. The van der Waals surface area contributed by atoms with Gasteiger partial charge >= 0.3 is 0 Å². The third-order valence-electron chi connectivity index (χ3n) is 11.9. The highest BCUT2D eigenvalue weighted by molar-refractivity contribution is 6.27. The minimum atomic E-state index is 0.879. The highest BCUT2D eigenvalue weighted by Crippen LogP contribution is 2.47. The van der Waals surface area contributed by atoms with E-state index in [0.29, 0.717) is 0 Å². The number of anilines is 3. The van der Waals surface area contributed by atoms with Gasteiger partial charge < -0.3 is 13.9 Å². The molecule has 0 aliphatic rings. The van der Waals surface area contributed by atoms with Crippen LogP contribution in [-0.4, -0.2) is 4.57 Å². The summed E-state index contributed by atoms with van der Waals surface area (Å²) in [4.78, 5) is 2.35. The summed E-state index contributed by atoms with van der Waals surface area (Å²) in [6.07, 6.45) is 0. The van der Waals surface area contributed by atoms with Crippen LogP contribution in [0.3, 0.4) is 0 Å². The van der Waals surface area contributed by atoms with Gasteiger partial charge in [-0.2, -0.15) is 0 Å². The van der Waals surface area contributed by atoms with Crippen molar-refractivity contribution in [2.45, 2.75) is 0 Å². The Morgan fingerprint density at radius 1 is 0.339 bits per heavy atom. The third kappa shape index (κ3) is 5.44. The van der Waals surface area contributed by atoms with Gasteiger partial charge in [0, 0.05) is 55.9 Å². The smallest absolute Gasteiger partial charge is 0.138 e. The number of benzene rings is 10. The Morgan fingerprint density at radius 3 is 1.66 bits per heavy atom. The van der Waals surface area contributed by atoms with Crippen molar-refractivity contribution < 1.29 is 4.42 Å². The fourth-order valence-corrected chi connectivity index (χ4v) is 9.19. The Balaban J connectivity index is 1.06. The molecule has 0 aliphatic carbocycles. The topological polar surface area (TPSA) is 21.3 Å². The van der Waals surface area contributed by atoms with E-state index in [9.17, 15) is 0 Å². The fraction of sp³-hybridized carbons (Fsp3) is 0. The molecule has 2 heterocycles. The summed E-state index contributed by atoms with van der Waals surface area (Å²) in [7, 11) is 0. The number of aromatic nitrogens is 1. The average Bonchev–Trinajstić information content (AvgIpc) is 3.84. The number of hydrogen-bond donors (Lipinski definition) is 0. The molecule has 12 rings (SSSR count). The molecular weight excluding hydrogens is 717 g/mol. The van der Waals surface area contributed by atoms with Crippen LogP contribution in [-0.2, 0) is 0 Å². The van der Waals surface area contributed by atoms with E-state index in [4.69, 9.17) is 4.42 Å². The third-order valence-corrected chi connectivity index (χ3v) is 11.9. The number of para-hydroxylation sites is 2. The summed E-state index contributed by atoms with van der Waals surface area (Å²) in [6.45, 7) is 0. The standard InChI is InChI=1S/C56H36N2O/c1-2-12-37(13-3-1)40-24-27-44(28-25-40)57(47-29-26-39-15-5-7-17-42(39)35-47)45-30-32-46(33-31-45)58-50-20-10-8-18-48(50)55-51(58)36-53-56(49-19-9-11-21-52(49)59-53)54(55)43-23-22-38-14-4-6-16-41(38)34-43/h1-36H. The lowest BCUT2D eigenvalue weighted by Crippen LogP contribution is -2.10. The molecular formula is C56H36N2O. The molecule has 276 valence electrons. The minimum absolute atomic E-state index is 0.879. The Labute approximate surface area is 341 Å². The molecule has 0 amide bonds. The molecule has 0 fully saturated rings. The van der Waals surface area contributed by atoms with E-state index in [-0.39, 0.29) is 0 Å². The lowest BCUT2D eigenvalue weighted by Gasteiger charge is -2.26. The maximum absolute atomic E-state index is 6.69. The predicted molar refractivity (Wildman–Crippen MR) is 249 cm³/mol. The molecule has 0 radical (unpaired) electrons. The van der Waals surface area contributed by atoms with Crippen molar-refractivity contribution in [3.05, 3.63) is 218 Å². The lowest BCUT2D eigenvalue weighted by molar-refractivity contribution is 0.669. The molecule has 2 aromatic heterocycles. The molecule has 12 aromatic rings. The molecule has 0 saturated heterocycles. The fourth-order valence-electron chi connectivity index (χ4n) is 9.19. The van der Waals surface area contributed by atoms with Crippen LogP contribution >= 0.6 is 0 Å². The first-order chi connectivity index (χ1) is 29.2. The van der Waals surface area contributed by atoms with Gasteiger partial charge in [0.15, 0.2) is 0 Å². The number of hydrogen-bond acceptors (Lipinski definition) is 2. The van der Waals surface area contributed by atoms with Gasteiger partial charge in [-0.25, -0.2) is 0 Å². The number of fused-ring (bicyclic) bond motifs is 8. The van der Waals surface area contributed by atoms with Crippen LogP contribution in [0, 0.1) is 0 Å². The molecule has 10 aromatic carbocycles. The van der Waals surface area contributed by atoms with Gasteiger partial charge in [-0.15, -0.1) is 0 Å². The molecule has 3 nitrogen and oxygen atoms in total. The summed E-state index contributed by atoms with van der Waals surface area (Å²) < 4.78 is 9.10. The van der Waals surface area contributed by atoms with Gasteiger partial charge in [0.2, 0.25) is 0 Å². The average molecular weight is 753 g/mol. The van der Waals surface area contributed by atoms with Crippen molar-refractivity contribution in [1.82, 2.24) is 4.57 Å². The van der Waals surface area contributed by atoms with Gasteiger partial charge in [0.05, 0.1) is 11.0 Å². The van der Waals surface area contributed by atoms with E-state index in [1.807, 2.05) is 0 Å². The van der Waals surface area contributed by atoms with Crippen molar-refractivity contribution in [2.75, 3.05) is 4.90 Å². The molecule has 0 N–H and O–H groups in total. The highest BCUT2D eigenvalue weighted by Gasteiger charge is 2.23. The Kier molecular flexibility index (Phi) is 7.54. The highest BCUT2D eigenvalue weighted by atomic mass is 16.3. The zero-order chi connectivity index (χ0) is 38.9. The van der Waals surface area contributed by atoms with Crippen LogP contribution in [0.15, 0.2) is 223 Å². The number of furan rings is 1. The van der Waals surface area contributed by atoms with E-state index >= 15 is 0 Å². The molecule has 3 heteroatoms. The molecule has 0 saturated carbocycles. The summed E-state index contributed by atoms with van der Waals surface area (Å²) in [6, 6.07) is 78.7. The van der Waals surface area contributed by atoms with Crippen LogP contribution in [0.2, 0.25) is 0 Å². The van der Waals surface area contributed by atoms with Crippen molar-refractivity contribution in [3.63, 3.8) is 0 Å². The van der Waals surface area contributed by atoms with Gasteiger partial charge in [0.25, 0.3) is 0 Å². The first kappa shape index (κ1) is 33.3. The van der Waals surface area contributed by atoms with Gasteiger partial charge in [0.1, 0.15) is 11.2 Å². The van der Waals surface area contributed by atoms with E-state index in [1.165, 1.54) is 54.6 Å². The van der Waals surface area contributed by atoms with E-state index < -0.39 is 0 Å². The van der Waals surface area contributed by atoms with Crippen molar-refractivity contribution in [1.29, 1.82) is 0 Å². The molecule has 0 atom stereocenters. The quantitative estimate of drug-likeness (QED) is 0.169. The number of nitrogens with zero attached hydrogens (tertiary/aromatic N) is 2. The zero-order valence-corrected chi connectivity index (χ0v) is 32.1. The van der Waals surface area contributed by atoms with Crippen LogP contribution in [0.1, 0.15) is 0 Å². The number of rotatable bonds is 6. The van der Waals surface area contributed by atoms with Crippen molar-refractivity contribution in [3.8, 4) is 27.9 Å². The predicted octanol–water partition coefficient (Wildman–Crippen LogP) is 15.8. The zero-order valence-electron chi connectivity index (χ0n) is 32.1. The maximum Gasteiger partial charge on any atom is 0.138 e. The summed E-state index contributed by atoms with van der Waals surface area (Å²) >= 11 is 0. The lowest BCUT2D eigenvalue weighted by atomic mass is 9.93. The SMILES string of the molecule is c1ccc(-c2ccc(N(c3ccc(-n4c5ccccc5c5c(-c6ccc7ccccc7c6)c6c(cc54)oc4ccccc46)cc3)c3ccc4ccccc4c3)cc2)cc1. The van der Waals surface area contributed by atoms with E-state index in [1.54, 1.807) is 0 Å². The van der Waals surface area contributed by atoms with Gasteiger partial charge in [-0.3, -0.25) is 0 Å². The van der Waals surface area contributed by atoms with Crippen LogP contribution in [0.4, 0.5) is 17.1 Å². The van der Waals surface area contributed by atoms with Gasteiger partial charge in [-0.1, -0.05) is 146 Å². The first-order valence-corrected chi connectivity index (χ1v) is 20.2. The summed E-state index contributed by atoms with van der Waals surface area (Å²) in [5, 5.41) is 9.56. The minimum Gasteiger partial charge on any atom is -0.456 e. The Morgan fingerprint density at radius 2 is 0.898 bits per heavy atom. The van der Waals surface area contributed by atoms with Crippen LogP contribution in [0.5, 0.6) is 0 Å².